The molecule has 0 aliphatic carbocycles. The van der Waals surface area contributed by atoms with Crippen LogP contribution in [0.15, 0.2) is 108 Å². The van der Waals surface area contributed by atoms with E-state index in [0.29, 0.717) is 34.8 Å². The Labute approximate surface area is 208 Å². The van der Waals surface area contributed by atoms with Gasteiger partial charge in [0.25, 0.3) is 11.6 Å². The molecule has 0 saturated heterocycles. The molecule has 0 atom stereocenters. The van der Waals surface area contributed by atoms with Crippen LogP contribution in [0.25, 0.3) is 0 Å². The Bertz CT molecular complexity index is 1360. The van der Waals surface area contributed by atoms with E-state index in [1.165, 1.54) is 12.3 Å². The molecule has 0 radical (unpaired) electrons. The van der Waals surface area contributed by atoms with Gasteiger partial charge in [0.2, 0.25) is 0 Å². The molecule has 4 rings (SSSR count). The molecule has 0 aromatic heterocycles. The summed E-state index contributed by atoms with van der Waals surface area (Å²) in [5.74, 6) is 0.761. The van der Waals surface area contributed by atoms with E-state index in [1.807, 2.05) is 30.3 Å². The quantitative estimate of drug-likeness (QED) is 0.183. The van der Waals surface area contributed by atoms with Gasteiger partial charge in [-0.3, -0.25) is 14.9 Å². The number of nitrogens with zero attached hydrogens (tertiary/aromatic N) is 2. The number of nitro groups is 1. The van der Waals surface area contributed by atoms with Crippen molar-refractivity contribution in [2.75, 3.05) is 0 Å². The SMILES string of the molecule is O=C(N/N=C\c1ccccc1OCc1ccccc1[N+](=O)[O-])c1ccc(OCc2ccccc2)cc1. The highest BCUT2D eigenvalue weighted by Crippen LogP contribution is 2.22. The molecule has 0 fully saturated rings. The third kappa shape index (κ3) is 6.54. The molecule has 8 heteroatoms. The number of hydrazone groups is 1. The predicted molar refractivity (Wildman–Crippen MR) is 136 cm³/mol. The van der Waals surface area contributed by atoms with E-state index in [2.05, 4.69) is 10.5 Å². The molecule has 0 saturated carbocycles. The number of hydrogen-bond donors (Lipinski definition) is 1. The molecular formula is C28H23N3O5. The van der Waals surface area contributed by atoms with E-state index in [1.54, 1.807) is 66.7 Å². The smallest absolute Gasteiger partial charge is 0.276 e. The van der Waals surface area contributed by atoms with Crippen molar-refractivity contribution in [3.05, 3.63) is 135 Å². The van der Waals surface area contributed by atoms with Crippen LogP contribution >= 0.6 is 0 Å². The van der Waals surface area contributed by atoms with Gasteiger partial charge < -0.3 is 9.47 Å². The third-order valence-electron chi connectivity index (χ3n) is 5.23. The largest absolute Gasteiger partial charge is 0.489 e. The second-order valence-corrected chi connectivity index (χ2v) is 7.71. The summed E-state index contributed by atoms with van der Waals surface area (Å²) in [6.45, 7) is 0.461. The molecule has 0 bridgehead atoms. The number of ether oxygens (including phenoxy) is 2. The van der Waals surface area contributed by atoms with Crippen LogP contribution in [0.1, 0.15) is 27.0 Å². The second kappa shape index (κ2) is 11.9. The number of carbonyl (C=O) groups is 1. The van der Waals surface area contributed by atoms with Crippen molar-refractivity contribution < 1.29 is 19.2 Å². The maximum absolute atomic E-state index is 12.5. The summed E-state index contributed by atoms with van der Waals surface area (Å²) >= 11 is 0. The fraction of sp³-hybridized carbons (Fsp3) is 0.0714. The first-order valence-corrected chi connectivity index (χ1v) is 11.1. The Balaban J connectivity index is 1.33. The fourth-order valence-corrected chi connectivity index (χ4v) is 3.35. The number of carbonyl (C=O) groups excluding carboxylic acids is 1. The van der Waals surface area contributed by atoms with E-state index in [4.69, 9.17) is 9.47 Å². The van der Waals surface area contributed by atoms with Gasteiger partial charge in [0, 0.05) is 17.2 Å². The minimum absolute atomic E-state index is 0.00704. The van der Waals surface area contributed by atoms with Gasteiger partial charge in [-0.2, -0.15) is 5.10 Å². The molecule has 8 nitrogen and oxygen atoms in total. The molecule has 0 aliphatic heterocycles. The van der Waals surface area contributed by atoms with Crippen LogP contribution in [0, 0.1) is 10.1 Å². The molecule has 36 heavy (non-hydrogen) atoms. The van der Waals surface area contributed by atoms with E-state index < -0.39 is 4.92 Å². The zero-order valence-electron chi connectivity index (χ0n) is 19.2. The van der Waals surface area contributed by atoms with Crippen molar-refractivity contribution in [2.45, 2.75) is 13.2 Å². The maximum Gasteiger partial charge on any atom is 0.276 e. The lowest BCUT2D eigenvalue weighted by Gasteiger charge is -2.09. The van der Waals surface area contributed by atoms with Gasteiger partial charge in [-0.25, -0.2) is 5.43 Å². The highest BCUT2D eigenvalue weighted by molar-refractivity contribution is 5.95. The number of nitro benzene ring substituents is 1. The number of rotatable bonds is 10. The summed E-state index contributed by atoms with van der Waals surface area (Å²) < 4.78 is 11.5. The Hall–Kier alpha value is -4.98. The van der Waals surface area contributed by atoms with E-state index in [0.717, 1.165) is 5.56 Å². The van der Waals surface area contributed by atoms with Gasteiger partial charge in [-0.1, -0.05) is 54.6 Å². The van der Waals surface area contributed by atoms with Gasteiger partial charge >= 0.3 is 0 Å². The van der Waals surface area contributed by atoms with Crippen molar-refractivity contribution in [1.29, 1.82) is 0 Å². The van der Waals surface area contributed by atoms with Gasteiger partial charge in [0.15, 0.2) is 0 Å². The molecule has 0 heterocycles. The van der Waals surface area contributed by atoms with E-state index in [-0.39, 0.29) is 18.2 Å². The van der Waals surface area contributed by atoms with Gasteiger partial charge in [-0.05, 0) is 48.0 Å². The van der Waals surface area contributed by atoms with E-state index >= 15 is 0 Å². The Morgan fingerprint density at radius 2 is 1.53 bits per heavy atom. The maximum atomic E-state index is 12.5. The molecule has 0 unspecified atom stereocenters. The van der Waals surface area contributed by atoms with Crippen LogP contribution in [0.4, 0.5) is 5.69 Å². The summed E-state index contributed by atoms with van der Waals surface area (Å²) in [7, 11) is 0. The summed E-state index contributed by atoms with van der Waals surface area (Å²) in [5, 5.41) is 15.2. The molecule has 1 amide bonds. The summed E-state index contributed by atoms with van der Waals surface area (Å²) in [6.07, 6.45) is 1.46. The molecule has 1 N–H and O–H groups in total. The normalized spacial score (nSPS) is 10.7. The number of benzene rings is 4. The topological polar surface area (TPSA) is 103 Å². The van der Waals surface area contributed by atoms with Crippen molar-refractivity contribution >= 4 is 17.8 Å². The number of hydrogen-bond acceptors (Lipinski definition) is 6. The highest BCUT2D eigenvalue weighted by Gasteiger charge is 2.13. The second-order valence-electron chi connectivity index (χ2n) is 7.71. The standard InChI is InChI=1S/C28H23N3O5/c32-28(22-14-16-25(17-15-22)35-19-21-8-2-1-3-9-21)30-29-18-23-10-5-7-13-27(23)36-20-24-11-4-6-12-26(24)31(33)34/h1-18H,19-20H2,(H,30,32)/b29-18-. The molecule has 4 aromatic carbocycles. The Morgan fingerprint density at radius 1 is 0.833 bits per heavy atom. The zero-order chi connectivity index (χ0) is 25.2. The highest BCUT2D eigenvalue weighted by atomic mass is 16.6. The zero-order valence-corrected chi connectivity index (χ0v) is 19.2. The Morgan fingerprint density at radius 3 is 2.31 bits per heavy atom. The van der Waals surface area contributed by atoms with Crippen LogP contribution in [0.2, 0.25) is 0 Å². The van der Waals surface area contributed by atoms with Crippen molar-refractivity contribution in [3.63, 3.8) is 0 Å². The first-order valence-electron chi connectivity index (χ1n) is 11.1. The molecular weight excluding hydrogens is 458 g/mol. The molecule has 0 spiro atoms. The van der Waals surface area contributed by atoms with Crippen LogP contribution in [0.3, 0.4) is 0 Å². The monoisotopic (exact) mass is 481 g/mol. The van der Waals surface area contributed by atoms with Crippen LogP contribution in [0.5, 0.6) is 11.5 Å². The van der Waals surface area contributed by atoms with Crippen LogP contribution < -0.4 is 14.9 Å². The molecule has 180 valence electrons. The van der Waals surface area contributed by atoms with Gasteiger partial charge in [-0.15, -0.1) is 0 Å². The van der Waals surface area contributed by atoms with Crippen molar-refractivity contribution in [1.82, 2.24) is 5.43 Å². The molecule has 4 aromatic rings. The van der Waals surface area contributed by atoms with Crippen LogP contribution in [-0.2, 0) is 13.2 Å². The number of nitrogens with one attached hydrogen (secondary N) is 1. The lowest BCUT2D eigenvalue weighted by atomic mass is 10.2. The summed E-state index contributed by atoms with van der Waals surface area (Å²) in [6, 6.07) is 30.1. The lowest BCUT2D eigenvalue weighted by Crippen LogP contribution is -2.17. The van der Waals surface area contributed by atoms with Crippen LogP contribution in [-0.4, -0.2) is 17.0 Å². The van der Waals surface area contributed by atoms with Gasteiger partial charge in [0.05, 0.1) is 16.7 Å². The summed E-state index contributed by atoms with van der Waals surface area (Å²) in [4.78, 5) is 23.2. The average molecular weight is 482 g/mol. The first-order chi connectivity index (χ1) is 17.6. The minimum atomic E-state index is -0.441. The minimum Gasteiger partial charge on any atom is -0.489 e. The Kier molecular flexibility index (Phi) is 8.01. The fourth-order valence-electron chi connectivity index (χ4n) is 3.35. The summed E-state index contributed by atoms with van der Waals surface area (Å²) in [5.41, 5.74) is 5.04. The average Bonchev–Trinajstić information content (AvgIpc) is 2.92. The van der Waals surface area contributed by atoms with Crippen molar-refractivity contribution in [2.24, 2.45) is 5.10 Å². The van der Waals surface area contributed by atoms with Crippen molar-refractivity contribution in [3.8, 4) is 11.5 Å². The third-order valence-corrected chi connectivity index (χ3v) is 5.23. The number of para-hydroxylation sites is 2. The lowest BCUT2D eigenvalue weighted by molar-refractivity contribution is -0.385. The van der Waals surface area contributed by atoms with Gasteiger partial charge in [0.1, 0.15) is 24.7 Å². The molecule has 0 aliphatic rings. The first kappa shape index (κ1) is 24.2. The predicted octanol–water partition coefficient (Wildman–Crippen LogP) is 5.52. The van der Waals surface area contributed by atoms with E-state index in [9.17, 15) is 14.9 Å². The number of amides is 1.